The van der Waals surface area contributed by atoms with Crippen molar-refractivity contribution in [3.05, 3.63) is 53.1 Å². The highest BCUT2D eigenvalue weighted by molar-refractivity contribution is 7.86. The van der Waals surface area contributed by atoms with Crippen LogP contribution in [0.5, 0.6) is 0 Å². The van der Waals surface area contributed by atoms with E-state index in [1.54, 1.807) is 17.7 Å². The maximum Gasteiger partial charge on any atom is 0.296 e. The van der Waals surface area contributed by atoms with Crippen LogP contribution in [-0.4, -0.2) is 43.9 Å². The van der Waals surface area contributed by atoms with E-state index in [2.05, 4.69) is 93.7 Å². The number of rotatable bonds is 12. The van der Waals surface area contributed by atoms with E-state index in [1.165, 1.54) is 37.7 Å². The molecule has 3 saturated carbocycles. The molecule has 1 aromatic carbocycles. The van der Waals surface area contributed by atoms with Gasteiger partial charge in [-0.2, -0.15) is 8.42 Å². The van der Waals surface area contributed by atoms with Gasteiger partial charge in [0.15, 0.2) is 16.6 Å². The Bertz CT molecular complexity index is 1430. The molecule has 3 aliphatic carbocycles. The van der Waals surface area contributed by atoms with Gasteiger partial charge >= 0.3 is 0 Å². The van der Waals surface area contributed by atoms with E-state index in [0.29, 0.717) is 23.2 Å². The molecule has 0 N–H and O–H groups in total. The lowest BCUT2D eigenvalue weighted by Gasteiger charge is -2.45. The van der Waals surface area contributed by atoms with Gasteiger partial charge in [-0.1, -0.05) is 96.4 Å². The monoisotopic (exact) mass is 744 g/mol. The van der Waals surface area contributed by atoms with Crippen molar-refractivity contribution in [3.63, 3.8) is 0 Å². The number of hydrogen-bond acceptors (Lipinski definition) is 5. The lowest BCUT2D eigenvalue weighted by atomic mass is 9.61. The largest absolute Gasteiger partial charge is 0.414 e. The van der Waals surface area contributed by atoms with Gasteiger partial charge in [0.1, 0.15) is 0 Å². The predicted molar refractivity (Wildman–Crippen MR) is 215 cm³/mol. The third-order valence-corrected chi connectivity index (χ3v) is 24.0. The molecule has 3 aliphatic rings. The van der Waals surface area contributed by atoms with E-state index in [9.17, 15) is 8.42 Å². The van der Waals surface area contributed by atoms with Crippen LogP contribution in [0.15, 0.2) is 52.5 Å². The van der Waals surface area contributed by atoms with Crippen LogP contribution in [0, 0.1) is 30.1 Å². The molecule has 0 spiro atoms. The molecule has 0 aliphatic heterocycles. The molecule has 50 heavy (non-hydrogen) atoms. The Hall–Kier alpha value is -1.04. The summed E-state index contributed by atoms with van der Waals surface area (Å²) in [6.45, 7) is 30.7. The Kier molecular flexibility index (Phi) is 13.1. The van der Waals surface area contributed by atoms with Gasteiger partial charge in [-0.05, 0) is 143 Å². The first-order valence-corrected chi connectivity index (χ1v) is 26.9. The number of aryl methyl sites for hydroxylation is 1. The summed E-state index contributed by atoms with van der Waals surface area (Å²) in [5.74, 6) is 1.81. The van der Waals surface area contributed by atoms with Gasteiger partial charge in [-0.3, -0.25) is 4.18 Å². The molecule has 0 saturated heterocycles. The third-order valence-electron chi connectivity index (χ3n) is 13.7. The topological polar surface area (TPSA) is 61.8 Å². The number of fused-ring (bicyclic) bond motifs is 1. The normalized spacial score (nSPS) is 28.5. The Balaban J connectivity index is 1.44. The maximum atomic E-state index is 12.7. The lowest BCUT2D eigenvalue weighted by Crippen LogP contribution is -2.48. The highest BCUT2D eigenvalue weighted by Gasteiger charge is 2.50. The molecular weight excluding hydrogens is 673 g/mol. The molecule has 284 valence electrons. The van der Waals surface area contributed by atoms with E-state index in [4.69, 9.17) is 13.0 Å². The zero-order valence-electron chi connectivity index (χ0n) is 34.1. The molecule has 0 bridgehead atoms. The summed E-state index contributed by atoms with van der Waals surface area (Å²) >= 11 is 0. The summed E-state index contributed by atoms with van der Waals surface area (Å²) < 4.78 is 45.0. The quantitative estimate of drug-likeness (QED) is 0.121. The third kappa shape index (κ3) is 9.93. The Morgan fingerprint density at radius 3 is 2.00 bits per heavy atom. The first-order valence-electron chi connectivity index (χ1n) is 19.7. The van der Waals surface area contributed by atoms with Gasteiger partial charge in [-0.25, -0.2) is 0 Å². The summed E-state index contributed by atoms with van der Waals surface area (Å²) in [7, 11) is -7.54. The average molecular weight is 745 g/mol. The summed E-state index contributed by atoms with van der Waals surface area (Å²) in [5, 5.41) is 0.363. The molecule has 0 amide bonds. The van der Waals surface area contributed by atoms with E-state index < -0.39 is 26.8 Å². The van der Waals surface area contributed by atoms with Crippen molar-refractivity contribution in [2.75, 3.05) is 6.61 Å². The Labute approximate surface area is 309 Å². The highest BCUT2D eigenvalue weighted by Crippen LogP contribution is 2.60. The van der Waals surface area contributed by atoms with Crippen LogP contribution in [0.25, 0.3) is 0 Å². The smallest absolute Gasteiger partial charge is 0.296 e. The SMILES string of the molecule is Cc1ccc(S(=O)(=O)OCCCC(C)[C@H]2CC[C@H]3/C(=C/C=C4C[C@@H](O[Si](C)(C)C(C)(C)C)C[C@H](O[Si](C)(C)C(C)(C)C)C4)CCC[C@]23C)cc1. The van der Waals surface area contributed by atoms with Gasteiger partial charge in [-0.15, -0.1) is 0 Å². The first kappa shape index (κ1) is 41.7. The van der Waals surface area contributed by atoms with Crippen LogP contribution < -0.4 is 0 Å². The maximum absolute atomic E-state index is 12.7. The second-order valence-electron chi connectivity index (χ2n) is 19.5. The number of benzene rings is 1. The Morgan fingerprint density at radius 2 is 1.46 bits per heavy atom. The average Bonchev–Trinajstić information content (AvgIpc) is 3.34. The van der Waals surface area contributed by atoms with Gasteiger partial charge in [0.2, 0.25) is 0 Å². The predicted octanol–water partition coefficient (Wildman–Crippen LogP) is 12.2. The van der Waals surface area contributed by atoms with Crippen molar-refractivity contribution in [1.82, 2.24) is 0 Å². The molecule has 5 nitrogen and oxygen atoms in total. The van der Waals surface area contributed by atoms with Gasteiger partial charge in [0.25, 0.3) is 10.1 Å². The van der Waals surface area contributed by atoms with E-state index in [-0.39, 0.29) is 33.8 Å². The minimum atomic E-state index is -3.71. The second-order valence-corrected chi connectivity index (χ2v) is 30.6. The fourth-order valence-electron chi connectivity index (χ4n) is 8.62. The van der Waals surface area contributed by atoms with E-state index >= 15 is 0 Å². The minimum Gasteiger partial charge on any atom is -0.414 e. The summed E-state index contributed by atoms with van der Waals surface area (Å²) in [5.41, 5.74) is 4.47. The van der Waals surface area contributed by atoms with Crippen molar-refractivity contribution >= 4 is 26.8 Å². The van der Waals surface area contributed by atoms with Crippen LogP contribution in [-0.2, 0) is 23.2 Å². The fraction of sp³-hybridized carbons (Fsp3) is 0.762. The number of allylic oxidation sites excluding steroid dienone is 3. The van der Waals surface area contributed by atoms with Gasteiger partial charge in [0.05, 0.1) is 23.7 Å². The molecular formula is C42H72O5SSi2. The summed E-state index contributed by atoms with van der Waals surface area (Å²) in [6, 6.07) is 6.90. The molecule has 8 heteroatoms. The minimum absolute atomic E-state index is 0.181. The molecule has 1 unspecified atom stereocenters. The fourth-order valence-corrected chi connectivity index (χ4v) is 12.3. The zero-order chi connectivity index (χ0) is 37.3. The van der Waals surface area contributed by atoms with Crippen LogP contribution >= 0.6 is 0 Å². The molecule has 1 aromatic rings. The van der Waals surface area contributed by atoms with Crippen molar-refractivity contribution in [3.8, 4) is 0 Å². The standard InChI is InChI=1S/C42H72O5SSi2/c1-31-18-22-37(23-19-31)48(43,44)45-27-15-16-32(2)38-24-25-39-34(17-14-26-42(38,39)9)21-20-33-28-35(46-49(10,11)40(3,4)5)30-36(29-33)47-50(12,13)41(6,7)8/h18-23,32,35-36,38-39H,14-17,24-30H2,1-13H3/b34-21+/t32?,35-,36-,38-,39+,42-/m1/s1. The van der Waals surface area contributed by atoms with Gasteiger partial charge in [0, 0.05) is 0 Å². The van der Waals surface area contributed by atoms with Crippen molar-refractivity contribution in [2.24, 2.45) is 23.2 Å². The van der Waals surface area contributed by atoms with Crippen LogP contribution in [0.3, 0.4) is 0 Å². The molecule has 0 heterocycles. The lowest BCUT2D eigenvalue weighted by molar-refractivity contribution is 0.0725. The number of hydrogen-bond donors (Lipinski definition) is 0. The molecule has 3 fully saturated rings. The van der Waals surface area contributed by atoms with Crippen molar-refractivity contribution in [1.29, 1.82) is 0 Å². The summed E-state index contributed by atoms with van der Waals surface area (Å²) in [6.07, 6.45) is 16.4. The van der Waals surface area contributed by atoms with E-state index in [0.717, 1.165) is 37.7 Å². The molecule has 4 rings (SSSR count). The molecule has 6 atom stereocenters. The summed E-state index contributed by atoms with van der Waals surface area (Å²) in [4.78, 5) is 0.240. The zero-order valence-corrected chi connectivity index (χ0v) is 36.9. The second kappa shape index (κ2) is 15.7. The van der Waals surface area contributed by atoms with Crippen LogP contribution in [0.2, 0.25) is 36.3 Å². The molecule has 0 aromatic heterocycles. The van der Waals surface area contributed by atoms with Gasteiger partial charge < -0.3 is 8.85 Å². The Morgan fingerprint density at radius 1 is 0.900 bits per heavy atom. The van der Waals surface area contributed by atoms with Crippen LogP contribution in [0.4, 0.5) is 0 Å². The molecule has 0 radical (unpaired) electrons. The first-order chi connectivity index (χ1) is 23.0. The highest BCUT2D eigenvalue weighted by atomic mass is 32.2. The van der Waals surface area contributed by atoms with E-state index in [1.807, 2.05) is 19.1 Å². The van der Waals surface area contributed by atoms with Crippen LogP contribution in [0.1, 0.15) is 125 Å². The van der Waals surface area contributed by atoms with Crippen molar-refractivity contribution < 1.29 is 21.5 Å². The van der Waals surface area contributed by atoms with Crippen molar-refractivity contribution in [2.45, 2.75) is 180 Å².